The number of hydrogen-bond acceptors (Lipinski definition) is 2. The average molecular weight is 285 g/mol. The van der Waals surface area contributed by atoms with E-state index in [1.54, 1.807) is 7.11 Å². The summed E-state index contributed by atoms with van der Waals surface area (Å²) in [5.74, 6) is -0.0815. The standard InChI is InChI=1S/C16H25F2NO/c1-12(2)6-14(11-19-4-5-20-3)7-13-8-15(17)10-16(18)9-13/h8-10,12,14,19H,4-7,11H2,1-3H3. The molecule has 1 atom stereocenters. The summed E-state index contributed by atoms with van der Waals surface area (Å²) < 4.78 is 31.4. The van der Waals surface area contributed by atoms with Crippen LogP contribution in [0.25, 0.3) is 0 Å². The first-order valence-electron chi connectivity index (χ1n) is 7.16. The van der Waals surface area contributed by atoms with Crippen molar-refractivity contribution >= 4 is 0 Å². The molecule has 0 amide bonds. The minimum Gasteiger partial charge on any atom is -0.383 e. The van der Waals surface area contributed by atoms with E-state index in [0.29, 0.717) is 24.9 Å². The molecule has 0 bridgehead atoms. The van der Waals surface area contributed by atoms with Crippen LogP contribution in [0, 0.1) is 23.5 Å². The van der Waals surface area contributed by atoms with Crippen molar-refractivity contribution in [1.29, 1.82) is 0 Å². The van der Waals surface area contributed by atoms with Crippen molar-refractivity contribution in [3.63, 3.8) is 0 Å². The number of halogens is 2. The lowest BCUT2D eigenvalue weighted by atomic mass is 9.91. The summed E-state index contributed by atoms with van der Waals surface area (Å²) >= 11 is 0. The SMILES string of the molecule is COCCNCC(Cc1cc(F)cc(F)c1)CC(C)C. The summed E-state index contributed by atoms with van der Waals surface area (Å²) in [5, 5.41) is 3.33. The molecule has 1 N–H and O–H groups in total. The molecule has 0 aliphatic heterocycles. The van der Waals surface area contributed by atoms with E-state index in [0.717, 1.165) is 31.1 Å². The van der Waals surface area contributed by atoms with Gasteiger partial charge in [-0.3, -0.25) is 0 Å². The van der Waals surface area contributed by atoms with Gasteiger partial charge in [-0.25, -0.2) is 8.78 Å². The Kier molecular flexibility index (Phi) is 7.70. The van der Waals surface area contributed by atoms with E-state index < -0.39 is 11.6 Å². The number of ether oxygens (including phenoxy) is 1. The number of rotatable bonds is 9. The van der Waals surface area contributed by atoms with E-state index in [1.165, 1.54) is 12.1 Å². The van der Waals surface area contributed by atoms with Gasteiger partial charge in [-0.1, -0.05) is 13.8 Å². The molecule has 0 aliphatic carbocycles. The predicted molar refractivity (Wildman–Crippen MR) is 77.8 cm³/mol. The van der Waals surface area contributed by atoms with Crippen LogP contribution >= 0.6 is 0 Å². The van der Waals surface area contributed by atoms with Crippen molar-refractivity contribution in [2.45, 2.75) is 26.7 Å². The summed E-state index contributed by atoms with van der Waals surface area (Å²) in [7, 11) is 1.67. The van der Waals surface area contributed by atoms with Crippen LogP contribution in [0.5, 0.6) is 0 Å². The van der Waals surface area contributed by atoms with Crippen LogP contribution in [0.4, 0.5) is 8.78 Å². The maximum atomic E-state index is 13.2. The highest BCUT2D eigenvalue weighted by Crippen LogP contribution is 2.18. The first kappa shape index (κ1) is 17.1. The van der Waals surface area contributed by atoms with Gasteiger partial charge in [0.25, 0.3) is 0 Å². The third-order valence-electron chi connectivity index (χ3n) is 3.17. The minimum absolute atomic E-state index is 0.369. The number of benzene rings is 1. The molecule has 0 saturated heterocycles. The quantitative estimate of drug-likeness (QED) is 0.702. The van der Waals surface area contributed by atoms with Gasteiger partial charge in [0.15, 0.2) is 0 Å². The van der Waals surface area contributed by atoms with Crippen molar-refractivity contribution in [2.24, 2.45) is 11.8 Å². The second-order valence-corrected chi connectivity index (χ2v) is 5.67. The zero-order valence-corrected chi connectivity index (χ0v) is 12.6. The van der Waals surface area contributed by atoms with E-state index >= 15 is 0 Å². The van der Waals surface area contributed by atoms with E-state index in [-0.39, 0.29) is 0 Å². The third-order valence-corrected chi connectivity index (χ3v) is 3.17. The lowest BCUT2D eigenvalue weighted by molar-refractivity contribution is 0.197. The van der Waals surface area contributed by atoms with Crippen LogP contribution in [0.15, 0.2) is 18.2 Å². The second kappa shape index (κ2) is 9.03. The Morgan fingerprint density at radius 2 is 1.80 bits per heavy atom. The summed E-state index contributed by atoms with van der Waals surface area (Å²) in [6.45, 7) is 6.62. The fourth-order valence-electron chi connectivity index (χ4n) is 2.45. The van der Waals surface area contributed by atoms with Crippen molar-refractivity contribution < 1.29 is 13.5 Å². The largest absolute Gasteiger partial charge is 0.383 e. The van der Waals surface area contributed by atoms with Gasteiger partial charge in [-0.15, -0.1) is 0 Å². The molecular weight excluding hydrogens is 260 g/mol. The first-order valence-corrected chi connectivity index (χ1v) is 7.16. The van der Waals surface area contributed by atoms with Crippen LogP contribution in [0.2, 0.25) is 0 Å². The van der Waals surface area contributed by atoms with Gasteiger partial charge in [0.2, 0.25) is 0 Å². The Morgan fingerprint density at radius 3 is 2.35 bits per heavy atom. The monoisotopic (exact) mass is 285 g/mol. The van der Waals surface area contributed by atoms with Crippen LogP contribution in [0.1, 0.15) is 25.8 Å². The van der Waals surface area contributed by atoms with Gasteiger partial charge in [-0.2, -0.15) is 0 Å². The number of nitrogens with one attached hydrogen (secondary N) is 1. The number of hydrogen-bond donors (Lipinski definition) is 1. The molecule has 20 heavy (non-hydrogen) atoms. The highest BCUT2D eigenvalue weighted by atomic mass is 19.1. The summed E-state index contributed by atoms with van der Waals surface area (Å²) in [6.07, 6.45) is 1.71. The molecule has 1 aromatic carbocycles. The normalized spacial score (nSPS) is 12.9. The van der Waals surface area contributed by atoms with Crippen LogP contribution in [-0.2, 0) is 11.2 Å². The van der Waals surface area contributed by atoms with Crippen LogP contribution in [-0.4, -0.2) is 26.8 Å². The minimum atomic E-state index is -0.504. The molecular formula is C16H25F2NO. The van der Waals surface area contributed by atoms with Crippen molar-refractivity contribution in [3.05, 3.63) is 35.4 Å². The average Bonchev–Trinajstić information content (AvgIpc) is 2.32. The van der Waals surface area contributed by atoms with E-state index in [9.17, 15) is 8.78 Å². The topological polar surface area (TPSA) is 21.3 Å². The Labute approximate surface area is 120 Å². The van der Waals surface area contributed by atoms with Crippen LogP contribution in [0.3, 0.4) is 0 Å². The summed E-state index contributed by atoms with van der Waals surface area (Å²) in [4.78, 5) is 0. The molecule has 1 unspecified atom stereocenters. The molecule has 1 rings (SSSR count). The fourth-order valence-corrected chi connectivity index (χ4v) is 2.45. The molecule has 0 heterocycles. The molecule has 4 heteroatoms. The van der Waals surface area contributed by atoms with Crippen LogP contribution < -0.4 is 5.32 Å². The molecule has 0 aromatic heterocycles. The Hall–Kier alpha value is -1.00. The smallest absolute Gasteiger partial charge is 0.126 e. The van der Waals surface area contributed by atoms with E-state index in [4.69, 9.17) is 4.74 Å². The van der Waals surface area contributed by atoms with Gasteiger partial charge < -0.3 is 10.1 Å². The second-order valence-electron chi connectivity index (χ2n) is 5.67. The summed E-state index contributed by atoms with van der Waals surface area (Å²) in [5.41, 5.74) is 0.724. The van der Waals surface area contributed by atoms with Gasteiger partial charge >= 0.3 is 0 Å². The van der Waals surface area contributed by atoms with Gasteiger partial charge in [-0.05, 0) is 48.9 Å². The Balaban J connectivity index is 2.58. The molecule has 0 aliphatic rings. The maximum absolute atomic E-state index is 13.2. The summed E-state index contributed by atoms with van der Waals surface area (Å²) in [6, 6.07) is 3.76. The van der Waals surface area contributed by atoms with E-state index in [2.05, 4.69) is 19.2 Å². The molecule has 0 fully saturated rings. The maximum Gasteiger partial charge on any atom is 0.126 e. The van der Waals surface area contributed by atoms with Crippen molar-refractivity contribution in [2.75, 3.05) is 26.8 Å². The van der Waals surface area contributed by atoms with Gasteiger partial charge in [0.1, 0.15) is 11.6 Å². The van der Waals surface area contributed by atoms with Crippen molar-refractivity contribution in [3.8, 4) is 0 Å². The Morgan fingerprint density at radius 1 is 1.15 bits per heavy atom. The molecule has 2 nitrogen and oxygen atoms in total. The third kappa shape index (κ3) is 6.96. The molecule has 0 radical (unpaired) electrons. The molecule has 0 spiro atoms. The van der Waals surface area contributed by atoms with Gasteiger partial charge in [0, 0.05) is 19.7 Å². The highest BCUT2D eigenvalue weighted by molar-refractivity contribution is 5.18. The highest BCUT2D eigenvalue weighted by Gasteiger charge is 2.13. The predicted octanol–water partition coefficient (Wildman–Crippen LogP) is 3.41. The Bertz CT molecular complexity index is 376. The molecule has 114 valence electrons. The van der Waals surface area contributed by atoms with E-state index in [1.807, 2.05) is 0 Å². The number of methoxy groups -OCH3 is 1. The van der Waals surface area contributed by atoms with Crippen molar-refractivity contribution in [1.82, 2.24) is 5.32 Å². The molecule has 0 saturated carbocycles. The lowest BCUT2D eigenvalue weighted by Crippen LogP contribution is -2.28. The fraction of sp³-hybridized carbons (Fsp3) is 0.625. The first-order chi connectivity index (χ1) is 9.51. The zero-order valence-electron chi connectivity index (χ0n) is 12.6. The lowest BCUT2D eigenvalue weighted by Gasteiger charge is -2.20. The zero-order chi connectivity index (χ0) is 15.0. The molecule has 1 aromatic rings. The van der Waals surface area contributed by atoms with Gasteiger partial charge in [0.05, 0.1) is 6.61 Å².